The summed E-state index contributed by atoms with van der Waals surface area (Å²) in [6, 6.07) is 0.508. The van der Waals surface area contributed by atoms with Gasteiger partial charge >= 0.3 is 0 Å². The summed E-state index contributed by atoms with van der Waals surface area (Å²) in [5.74, 6) is 2.26. The number of aromatic nitrogens is 3. The van der Waals surface area contributed by atoms with Crippen LogP contribution in [0.1, 0.15) is 70.7 Å². The van der Waals surface area contributed by atoms with E-state index < -0.39 is 0 Å². The van der Waals surface area contributed by atoms with E-state index in [9.17, 15) is 0 Å². The van der Waals surface area contributed by atoms with Crippen molar-refractivity contribution in [1.82, 2.24) is 14.8 Å². The van der Waals surface area contributed by atoms with Gasteiger partial charge in [-0.2, -0.15) is 0 Å². The molecule has 0 amide bonds. The second-order valence-electron chi connectivity index (χ2n) is 5.45. The van der Waals surface area contributed by atoms with E-state index in [-0.39, 0.29) is 0 Å². The van der Waals surface area contributed by atoms with Crippen LogP contribution >= 0.6 is 11.6 Å². The monoisotopic (exact) mass is 255 g/mol. The van der Waals surface area contributed by atoms with Crippen molar-refractivity contribution in [1.29, 1.82) is 0 Å². The lowest BCUT2D eigenvalue weighted by Crippen LogP contribution is -2.21. The summed E-state index contributed by atoms with van der Waals surface area (Å²) in [7, 11) is 0. The van der Waals surface area contributed by atoms with Crippen LogP contribution < -0.4 is 0 Å². The van der Waals surface area contributed by atoms with E-state index in [2.05, 4.69) is 35.5 Å². The van der Waals surface area contributed by atoms with Crippen LogP contribution in [0.2, 0.25) is 5.28 Å². The number of halogens is 1. The first-order valence-corrected chi connectivity index (χ1v) is 7.11. The first-order valence-electron chi connectivity index (χ1n) is 6.73. The molecule has 0 radical (unpaired) electrons. The van der Waals surface area contributed by atoms with Gasteiger partial charge in [-0.3, -0.25) is 4.57 Å². The zero-order chi connectivity index (χ0) is 12.4. The molecule has 1 aromatic rings. The molecule has 1 aliphatic carbocycles. The van der Waals surface area contributed by atoms with E-state index >= 15 is 0 Å². The highest BCUT2D eigenvalue weighted by molar-refractivity contribution is 6.28. The van der Waals surface area contributed by atoms with Crippen molar-refractivity contribution < 1.29 is 0 Å². The maximum absolute atomic E-state index is 6.20. The van der Waals surface area contributed by atoms with Gasteiger partial charge in [0.25, 0.3) is 0 Å². The van der Waals surface area contributed by atoms with Crippen molar-refractivity contribution in [3.63, 3.8) is 0 Å². The largest absolute Gasteiger partial charge is 0.298 e. The summed E-state index contributed by atoms with van der Waals surface area (Å²) < 4.78 is 2.17. The van der Waals surface area contributed by atoms with E-state index in [1.807, 2.05) is 0 Å². The third kappa shape index (κ3) is 2.65. The molecular weight excluding hydrogens is 234 g/mol. The minimum atomic E-state index is 0.386. The number of hydrogen-bond acceptors (Lipinski definition) is 2. The van der Waals surface area contributed by atoms with Crippen molar-refractivity contribution in [3.05, 3.63) is 11.1 Å². The van der Waals surface area contributed by atoms with Crippen LogP contribution in [0.5, 0.6) is 0 Å². The summed E-state index contributed by atoms with van der Waals surface area (Å²) in [4.78, 5) is 0. The normalized spacial score (nSPS) is 25.5. The number of nitrogens with zero attached hydrogens (tertiary/aromatic N) is 3. The van der Waals surface area contributed by atoms with E-state index in [0.29, 0.717) is 17.2 Å². The molecule has 4 heteroatoms. The molecule has 0 bridgehead atoms. The highest BCUT2D eigenvalue weighted by Crippen LogP contribution is 2.37. The molecule has 0 aromatic carbocycles. The first kappa shape index (κ1) is 12.9. The molecule has 1 heterocycles. The van der Waals surface area contributed by atoms with Crippen molar-refractivity contribution in [2.75, 3.05) is 0 Å². The fourth-order valence-corrected chi connectivity index (χ4v) is 3.15. The predicted octanol–water partition coefficient (Wildman–Crippen LogP) is 4.20. The summed E-state index contributed by atoms with van der Waals surface area (Å²) in [5.41, 5.74) is 0. The van der Waals surface area contributed by atoms with Crippen LogP contribution in [0.4, 0.5) is 0 Å². The molecule has 17 heavy (non-hydrogen) atoms. The van der Waals surface area contributed by atoms with Crippen LogP contribution in [0.3, 0.4) is 0 Å². The third-order valence-corrected chi connectivity index (χ3v) is 4.15. The van der Waals surface area contributed by atoms with E-state index in [4.69, 9.17) is 11.6 Å². The van der Waals surface area contributed by atoms with Crippen LogP contribution in [-0.4, -0.2) is 14.8 Å². The van der Waals surface area contributed by atoms with Crippen molar-refractivity contribution in [2.45, 2.75) is 64.8 Å². The molecular formula is C13H22ClN3. The lowest BCUT2D eigenvalue weighted by Gasteiger charge is -2.30. The fourth-order valence-electron chi connectivity index (χ4n) is 2.88. The Hall–Kier alpha value is -0.570. The Bertz CT molecular complexity index is 373. The average molecular weight is 256 g/mol. The minimum Gasteiger partial charge on any atom is -0.298 e. The van der Waals surface area contributed by atoms with Crippen molar-refractivity contribution in [2.24, 2.45) is 5.92 Å². The maximum atomic E-state index is 6.20. The number of hydrogen-bond donors (Lipinski definition) is 0. The quantitative estimate of drug-likeness (QED) is 0.811. The number of rotatable bonds is 3. The fraction of sp³-hybridized carbons (Fsp3) is 0.846. The van der Waals surface area contributed by atoms with Gasteiger partial charge in [0.1, 0.15) is 5.82 Å². The van der Waals surface area contributed by atoms with Gasteiger partial charge in [-0.05, 0) is 30.4 Å². The zero-order valence-electron chi connectivity index (χ0n) is 11.0. The lowest BCUT2D eigenvalue weighted by molar-refractivity contribution is 0.256. The second-order valence-corrected chi connectivity index (χ2v) is 5.78. The van der Waals surface area contributed by atoms with Gasteiger partial charge in [0, 0.05) is 12.0 Å². The Kier molecular flexibility index (Phi) is 4.08. The van der Waals surface area contributed by atoms with Crippen molar-refractivity contribution in [3.8, 4) is 0 Å². The van der Waals surface area contributed by atoms with E-state index in [1.165, 1.54) is 32.1 Å². The van der Waals surface area contributed by atoms with Crippen LogP contribution in [-0.2, 0) is 0 Å². The van der Waals surface area contributed by atoms with Gasteiger partial charge in [0.2, 0.25) is 5.28 Å². The van der Waals surface area contributed by atoms with Gasteiger partial charge < -0.3 is 0 Å². The van der Waals surface area contributed by atoms with Crippen LogP contribution in [0, 0.1) is 5.92 Å². The lowest BCUT2D eigenvalue weighted by atomic mass is 9.84. The van der Waals surface area contributed by atoms with Crippen LogP contribution in [0.15, 0.2) is 0 Å². The average Bonchev–Trinajstić information content (AvgIpc) is 2.71. The molecule has 0 saturated heterocycles. The molecule has 2 unspecified atom stereocenters. The smallest absolute Gasteiger partial charge is 0.225 e. The van der Waals surface area contributed by atoms with Gasteiger partial charge in [-0.25, -0.2) is 0 Å². The Morgan fingerprint density at radius 2 is 2.12 bits per heavy atom. The SMILES string of the molecule is CCC1CCCC(n2c(Cl)nnc2C(C)C)C1. The van der Waals surface area contributed by atoms with E-state index in [0.717, 1.165) is 11.7 Å². The Morgan fingerprint density at radius 1 is 1.35 bits per heavy atom. The molecule has 3 nitrogen and oxygen atoms in total. The summed E-state index contributed by atoms with van der Waals surface area (Å²) in [5, 5.41) is 8.83. The summed E-state index contributed by atoms with van der Waals surface area (Å²) in [6.07, 6.45) is 6.38. The standard InChI is InChI=1S/C13H22ClN3/c1-4-10-6-5-7-11(8-10)17-12(9(2)3)15-16-13(17)14/h9-11H,4-8H2,1-3H3. The molecule has 96 valence electrons. The molecule has 0 spiro atoms. The Balaban J connectivity index is 2.23. The predicted molar refractivity (Wildman–Crippen MR) is 70.4 cm³/mol. The van der Waals surface area contributed by atoms with Gasteiger partial charge in [0.05, 0.1) is 0 Å². The molecule has 1 aliphatic rings. The highest BCUT2D eigenvalue weighted by Gasteiger charge is 2.26. The van der Waals surface area contributed by atoms with E-state index in [1.54, 1.807) is 0 Å². The molecule has 0 aliphatic heterocycles. The molecule has 1 fully saturated rings. The first-order chi connectivity index (χ1) is 8.13. The maximum Gasteiger partial charge on any atom is 0.225 e. The summed E-state index contributed by atoms with van der Waals surface area (Å²) in [6.45, 7) is 6.58. The minimum absolute atomic E-state index is 0.386. The van der Waals surface area contributed by atoms with Crippen molar-refractivity contribution >= 4 is 11.6 Å². The highest BCUT2D eigenvalue weighted by atomic mass is 35.5. The Morgan fingerprint density at radius 3 is 2.76 bits per heavy atom. The van der Waals surface area contributed by atoms with Crippen LogP contribution in [0.25, 0.3) is 0 Å². The third-order valence-electron chi connectivity index (χ3n) is 3.89. The molecule has 1 saturated carbocycles. The van der Waals surface area contributed by atoms with Gasteiger partial charge in [0.15, 0.2) is 0 Å². The van der Waals surface area contributed by atoms with Gasteiger partial charge in [-0.15, -0.1) is 10.2 Å². The molecule has 0 N–H and O–H groups in total. The van der Waals surface area contributed by atoms with Gasteiger partial charge in [-0.1, -0.05) is 40.0 Å². The topological polar surface area (TPSA) is 30.7 Å². The summed E-state index contributed by atoms with van der Waals surface area (Å²) >= 11 is 6.20. The molecule has 2 rings (SSSR count). The molecule has 2 atom stereocenters. The second kappa shape index (κ2) is 5.38. The Labute approximate surface area is 109 Å². The zero-order valence-corrected chi connectivity index (χ0v) is 11.7. The molecule has 1 aromatic heterocycles.